The van der Waals surface area contributed by atoms with Gasteiger partial charge in [-0.25, -0.2) is 0 Å². The lowest BCUT2D eigenvalue weighted by Crippen LogP contribution is -2.36. The van der Waals surface area contributed by atoms with E-state index in [9.17, 15) is 9.59 Å². The number of carboxylic acids is 1. The van der Waals surface area contributed by atoms with Crippen LogP contribution in [-0.4, -0.2) is 50.4 Å². The Labute approximate surface area is 85.1 Å². The van der Waals surface area contributed by atoms with E-state index in [0.717, 1.165) is 4.90 Å². The first-order valence-electron chi connectivity index (χ1n) is 3.95. The van der Waals surface area contributed by atoms with Crippen molar-refractivity contribution in [2.45, 2.75) is 0 Å². The van der Waals surface area contributed by atoms with E-state index < -0.39 is 18.4 Å². The summed E-state index contributed by atoms with van der Waals surface area (Å²) in [5.74, 6) is 0.497. The third kappa shape index (κ3) is 2.80. The summed E-state index contributed by atoms with van der Waals surface area (Å²) in [4.78, 5) is 23.0. The van der Waals surface area contributed by atoms with Crippen LogP contribution in [0.3, 0.4) is 0 Å². The summed E-state index contributed by atoms with van der Waals surface area (Å²) < 4.78 is 0. The molecule has 2 N–H and O–H groups in total. The van der Waals surface area contributed by atoms with E-state index in [1.165, 1.54) is 6.20 Å². The van der Waals surface area contributed by atoms with Crippen LogP contribution in [-0.2, 0) is 4.79 Å². The van der Waals surface area contributed by atoms with Gasteiger partial charge in [-0.2, -0.15) is 15.4 Å². The molecule has 0 fully saturated rings. The molecule has 0 atom stereocenters. The summed E-state index contributed by atoms with van der Waals surface area (Å²) in [5.41, 5.74) is 0.0338. The topological polar surface area (TPSA) is 99.2 Å². The van der Waals surface area contributed by atoms with Crippen LogP contribution in [0.25, 0.3) is 0 Å². The summed E-state index contributed by atoms with van der Waals surface area (Å²) in [7, 11) is 0. The number of aliphatic carboxylic acids is 1. The Hall–Kier alpha value is -2.36. The molecule has 1 aromatic rings. The SMILES string of the molecule is C#CCN(CC(=O)O)C(=O)c1cn[nH]n1. The maximum absolute atomic E-state index is 11.6. The van der Waals surface area contributed by atoms with Crippen LogP contribution in [0.5, 0.6) is 0 Å². The Balaban J connectivity index is 2.76. The first-order valence-corrected chi connectivity index (χ1v) is 3.95. The van der Waals surface area contributed by atoms with Crippen molar-refractivity contribution in [3.05, 3.63) is 11.9 Å². The molecule has 1 rings (SSSR count). The minimum absolute atomic E-state index is 0.0338. The second-order valence-corrected chi connectivity index (χ2v) is 2.61. The molecular weight excluding hydrogens is 200 g/mol. The highest BCUT2D eigenvalue weighted by Gasteiger charge is 2.19. The van der Waals surface area contributed by atoms with Gasteiger partial charge < -0.3 is 10.0 Å². The van der Waals surface area contributed by atoms with Gasteiger partial charge in [0.1, 0.15) is 6.54 Å². The van der Waals surface area contributed by atoms with Crippen LogP contribution in [0.15, 0.2) is 6.20 Å². The van der Waals surface area contributed by atoms with Crippen LogP contribution in [0.1, 0.15) is 10.5 Å². The fourth-order valence-electron chi connectivity index (χ4n) is 0.940. The van der Waals surface area contributed by atoms with Gasteiger partial charge in [0.2, 0.25) is 0 Å². The molecule has 0 aliphatic rings. The van der Waals surface area contributed by atoms with Crippen molar-refractivity contribution >= 4 is 11.9 Å². The second kappa shape index (κ2) is 4.76. The van der Waals surface area contributed by atoms with E-state index in [2.05, 4.69) is 21.3 Å². The van der Waals surface area contributed by atoms with Crippen LogP contribution in [0, 0.1) is 12.3 Å². The molecule has 0 aliphatic carbocycles. The number of aromatic amines is 1. The number of H-pyrrole nitrogens is 1. The lowest BCUT2D eigenvalue weighted by Gasteiger charge is -2.15. The molecule has 0 aromatic carbocycles. The van der Waals surface area contributed by atoms with Gasteiger partial charge in [-0.05, 0) is 0 Å². The number of carbonyl (C=O) groups excluding carboxylic acids is 1. The molecule has 7 heteroatoms. The Morgan fingerprint density at radius 3 is 2.87 bits per heavy atom. The van der Waals surface area contributed by atoms with E-state index in [1.807, 2.05) is 0 Å². The highest BCUT2D eigenvalue weighted by atomic mass is 16.4. The number of nitrogens with one attached hydrogen (secondary N) is 1. The van der Waals surface area contributed by atoms with Gasteiger partial charge in [-0.15, -0.1) is 6.42 Å². The van der Waals surface area contributed by atoms with Crippen LogP contribution >= 0.6 is 0 Å². The van der Waals surface area contributed by atoms with Gasteiger partial charge in [0, 0.05) is 0 Å². The fraction of sp³-hybridized carbons (Fsp3) is 0.250. The average Bonchev–Trinajstić information content (AvgIpc) is 2.68. The molecule has 0 unspecified atom stereocenters. The Morgan fingerprint density at radius 2 is 2.40 bits per heavy atom. The van der Waals surface area contributed by atoms with Gasteiger partial charge in [0.25, 0.3) is 5.91 Å². The van der Waals surface area contributed by atoms with Crippen LogP contribution in [0.2, 0.25) is 0 Å². The van der Waals surface area contributed by atoms with E-state index in [0.29, 0.717) is 0 Å². The molecule has 78 valence electrons. The number of amides is 1. The molecule has 15 heavy (non-hydrogen) atoms. The van der Waals surface area contributed by atoms with Crippen LogP contribution < -0.4 is 0 Å². The van der Waals surface area contributed by atoms with E-state index in [4.69, 9.17) is 11.5 Å². The third-order valence-electron chi connectivity index (χ3n) is 1.53. The summed E-state index contributed by atoms with van der Waals surface area (Å²) in [5, 5.41) is 17.8. The molecule has 0 radical (unpaired) electrons. The average molecular weight is 208 g/mol. The minimum atomic E-state index is -1.14. The number of carbonyl (C=O) groups is 2. The zero-order valence-electron chi connectivity index (χ0n) is 7.67. The molecule has 0 bridgehead atoms. The number of hydrogen-bond acceptors (Lipinski definition) is 4. The Bertz CT molecular complexity index is 393. The van der Waals surface area contributed by atoms with Crippen LogP contribution in [0.4, 0.5) is 0 Å². The summed E-state index contributed by atoms with van der Waals surface area (Å²) in [6.45, 7) is -0.548. The predicted molar refractivity (Wildman–Crippen MR) is 48.8 cm³/mol. The lowest BCUT2D eigenvalue weighted by atomic mass is 10.3. The summed E-state index contributed by atoms with van der Waals surface area (Å²) in [6.07, 6.45) is 6.22. The van der Waals surface area contributed by atoms with Gasteiger partial charge in [0.05, 0.1) is 12.7 Å². The first kappa shape index (κ1) is 10.7. The highest BCUT2D eigenvalue weighted by Crippen LogP contribution is 1.98. The highest BCUT2D eigenvalue weighted by molar-refractivity contribution is 5.93. The number of carboxylic acid groups (broad SMARTS) is 1. The Kier molecular flexibility index (Phi) is 3.40. The van der Waals surface area contributed by atoms with Crippen molar-refractivity contribution in [3.63, 3.8) is 0 Å². The van der Waals surface area contributed by atoms with Crippen molar-refractivity contribution in [2.75, 3.05) is 13.1 Å². The normalized spacial score (nSPS) is 9.27. The molecule has 0 saturated carbocycles. The summed E-state index contributed by atoms with van der Waals surface area (Å²) >= 11 is 0. The second-order valence-electron chi connectivity index (χ2n) is 2.61. The predicted octanol–water partition coefficient (Wildman–Crippen LogP) is -1.04. The van der Waals surface area contributed by atoms with Crippen molar-refractivity contribution in [1.29, 1.82) is 0 Å². The molecule has 0 spiro atoms. The number of rotatable bonds is 4. The third-order valence-corrected chi connectivity index (χ3v) is 1.53. The van der Waals surface area contributed by atoms with Crippen molar-refractivity contribution in [3.8, 4) is 12.3 Å². The fourth-order valence-corrected chi connectivity index (χ4v) is 0.940. The van der Waals surface area contributed by atoms with Crippen molar-refractivity contribution in [1.82, 2.24) is 20.3 Å². The zero-order valence-corrected chi connectivity index (χ0v) is 7.67. The lowest BCUT2D eigenvalue weighted by molar-refractivity contribution is -0.137. The number of terminal acetylenes is 1. The largest absolute Gasteiger partial charge is 0.480 e. The number of hydrogen-bond donors (Lipinski definition) is 2. The maximum Gasteiger partial charge on any atom is 0.323 e. The number of nitrogens with zero attached hydrogens (tertiary/aromatic N) is 3. The summed E-state index contributed by atoms with van der Waals surface area (Å²) in [6, 6.07) is 0. The molecule has 7 nitrogen and oxygen atoms in total. The Morgan fingerprint density at radius 1 is 1.67 bits per heavy atom. The molecular formula is C8H8N4O3. The molecule has 1 heterocycles. The van der Waals surface area contributed by atoms with E-state index in [-0.39, 0.29) is 12.2 Å². The van der Waals surface area contributed by atoms with E-state index >= 15 is 0 Å². The maximum atomic E-state index is 11.6. The van der Waals surface area contributed by atoms with Gasteiger partial charge in [0.15, 0.2) is 5.69 Å². The van der Waals surface area contributed by atoms with E-state index in [1.54, 1.807) is 0 Å². The minimum Gasteiger partial charge on any atom is -0.480 e. The first-order chi connectivity index (χ1) is 7.15. The standard InChI is InChI=1S/C8H8N4O3/c1-2-3-12(5-7(13)14)8(15)6-4-9-11-10-6/h1,4H,3,5H2,(H,13,14)(H,9,10,11). The monoisotopic (exact) mass is 208 g/mol. The van der Waals surface area contributed by atoms with Crippen molar-refractivity contribution < 1.29 is 14.7 Å². The zero-order chi connectivity index (χ0) is 11.3. The molecule has 1 amide bonds. The molecule has 0 aliphatic heterocycles. The van der Waals surface area contributed by atoms with Gasteiger partial charge in [-0.1, -0.05) is 5.92 Å². The van der Waals surface area contributed by atoms with Crippen molar-refractivity contribution in [2.24, 2.45) is 0 Å². The van der Waals surface area contributed by atoms with Gasteiger partial charge in [-0.3, -0.25) is 9.59 Å². The smallest absolute Gasteiger partial charge is 0.323 e. The quantitative estimate of drug-likeness (QED) is 0.616. The molecule has 0 saturated heterocycles. The number of aromatic nitrogens is 3. The molecule has 1 aromatic heterocycles. The van der Waals surface area contributed by atoms with Gasteiger partial charge >= 0.3 is 5.97 Å².